The molecule has 0 heterocycles. The lowest BCUT2D eigenvalue weighted by Gasteiger charge is -2.09. The number of rotatable bonds is 3. The van der Waals surface area contributed by atoms with Crippen LogP contribution in [-0.4, -0.2) is 11.1 Å². The number of nitrogens with zero attached hydrogens (tertiary/aromatic N) is 1. The van der Waals surface area contributed by atoms with Gasteiger partial charge in [0.05, 0.1) is 5.56 Å². The third kappa shape index (κ3) is 2.91. The Hall–Kier alpha value is -0.170. The summed E-state index contributed by atoms with van der Waals surface area (Å²) in [7, 11) is 0. The second-order valence-electron chi connectivity index (χ2n) is 2.81. The van der Waals surface area contributed by atoms with Crippen LogP contribution in [0.4, 0.5) is 0 Å². The highest BCUT2D eigenvalue weighted by Gasteiger charge is 2.09. The van der Waals surface area contributed by atoms with Crippen molar-refractivity contribution in [1.29, 1.82) is 5.26 Å². The largest absolute Gasteiger partial charge is 0.192 e. The van der Waals surface area contributed by atoms with E-state index in [1.165, 1.54) is 0 Å². The molecule has 0 spiro atoms. The summed E-state index contributed by atoms with van der Waals surface area (Å²) in [5.41, 5.74) is 0.689. The first kappa shape index (κ1) is 11.9. The standard InChI is InChI=1S/C10H9BrClNS/c1-7(5-12)14-10-4-2-3-9(11)8(10)6-13/h2-4,7H,5H2,1H3. The smallest absolute Gasteiger partial charge is 0.101 e. The van der Waals surface area contributed by atoms with E-state index in [-0.39, 0.29) is 0 Å². The van der Waals surface area contributed by atoms with E-state index in [9.17, 15) is 0 Å². The van der Waals surface area contributed by atoms with Crippen LogP contribution in [0.25, 0.3) is 0 Å². The summed E-state index contributed by atoms with van der Waals surface area (Å²) in [6.07, 6.45) is 0. The van der Waals surface area contributed by atoms with Gasteiger partial charge in [0.15, 0.2) is 0 Å². The van der Waals surface area contributed by atoms with E-state index in [2.05, 4.69) is 22.0 Å². The van der Waals surface area contributed by atoms with Gasteiger partial charge in [-0.05, 0) is 28.1 Å². The van der Waals surface area contributed by atoms with Crippen LogP contribution in [0.5, 0.6) is 0 Å². The van der Waals surface area contributed by atoms with E-state index < -0.39 is 0 Å². The number of benzene rings is 1. The van der Waals surface area contributed by atoms with Crippen LogP contribution in [0.1, 0.15) is 12.5 Å². The van der Waals surface area contributed by atoms with Crippen LogP contribution in [0.2, 0.25) is 0 Å². The molecule has 1 atom stereocenters. The zero-order chi connectivity index (χ0) is 10.6. The number of halogens is 2. The van der Waals surface area contributed by atoms with Crippen LogP contribution >= 0.6 is 39.3 Å². The molecule has 1 unspecified atom stereocenters. The van der Waals surface area contributed by atoms with Gasteiger partial charge in [-0.2, -0.15) is 5.26 Å². The highest BCUT2D eigenvalue weighted by atomic mass is 79.9. The molecular formula is C10H9BrClNS. The van der Waals surface area contributed by atoms with E-state index in [1.807, 2.05) is 25.1 Å². The minimum Gasteiger partial charge on any atom is -0.192 e. The number of thioether (sulfide) groups is 1. The maximum atomic E-state index is 8.96. The van der Waals surface area contributed by atoms with Gasteiger partial charge in [0.2, 0.25) is 0 Å². The maximum Gasteiger partial charge on any atom is 0.101 e. The minimum atomic E-state index is 0.318. The van der Waals surface area contributed by atoms with Gasteiger partial charge in [-0.1, -0.05) is 13.0 Å². The molecule has 0 amide bonds. The van der Waals surface area contributed by atoms with E-state index in [1.54, 1.807) is 11.8 Å². The third-order valence-electron chi connectivity index (χ3n) is 1.63. The molecule has 1 aromatic carbocycles. The molecule has 1 nitrogen and oxygen atoms in total. The van der Waals surface area contributed by atoms with Crippen molar-refractivity contribution < 1.29 is 0 Å². The van der Waals surface area contributed by atoms with Gasteiger partial charge in [0, 0.05) is 20.5 Å². The Balaban J connectivity index is 2.98. The third-order valence-corrected chi connectivity index (χ3v) is 4.10. The summed E-state index contributed by atoms with van der Waals surface area (Å²) in [4.78, 5) is 0.982. The predicted molar refractivity (Wildman–Crippen MR) is 64.9 cm³/mol. The number of nitriles is 1. The molecule has 4 heteroatoms. The molecule has 74 valence electrons. The quantitative estimate of drug-likeness (QED) is 0.619. The van der Waals surface area contributed by atoms with Crippen molar-refractivity contribution >= 4 is 39.3 Å². The van der Waals surface area contributed by atoms with E-state index in [4.69, 9.17) is 16.9 Å². The number of alkyl halides is 1. The second kappa shape index (κ2) is 5.65. The molecule has 0 saturated heterocycles. The van der Waals surface area contributed by atoms with E-state index in [0.29, 0.717) is 16.7 Å². The molecule has 0 fully saturated rings. The van der Waals surface area contributed by atoms with Gasteiger partial charge < -0.3 is 0 Å². The minimum absolute atomic E-state index is 0.318. The van der Waals surface area contributed by atoms with Crippen molar-refractivity contribution in [2.75, 3.05) is 5.88 Å². The summed E-state index contributed by atoms with van der Waals surface area (Å²) in [5.74, 6) is 0.585. The summed E-state index contributed by atoms with van der Waals surface area (Å²) in [6.45, 7) is 2.04. The predicted octanol–water partition coefficient (Wildman–Crippen LogP) is 4.04. The summed E-state index contributed by atoms with van der Waals surface area (Å²) in [5, 5.41) is 9.28. The normalized spacial score (nSPS) is 12.1. The Morgan fingerprint density at radius 3 is 2.93 bits per heavy atom. The van der Waals surface area contributed by atoms with Gasteiger partial charge in [-0.25, -0.2) is 0 Å². The number of hydrogen-bond donors (Lipinski definition) is 0. The van der Waals surface area contributed by atoms with Gasteiger partial charge in [-0.3, -0.25) is 0 Å². The molecule has 0 bridgehead atoms. The van der Waals surface area contributed by atoms with E-state index in [0.717, 1.165) is 9.37 Å². The number of hydrogen-bond acceptors (Lipinski definition) is 2. The van der Waals surface area contributed by atoms with Crippen molar-refractivity contribution in [3.8, 4) is 6.07 Å². The van der Waals surface area contributed by atoms with Crippen LogP contribution in [-0.2, 0) is 0 Å². The first-order valence-electron chi connectivity index (χ1n) is 4.10. The highest BCUT2D eigenvalue weighted by Crippen LogP contribution is 2.31. The van der Waals surface area contributed by atoms with Gasteiger partial charge >= 0.3 is 0 Å². The Morgan fingerprint density at radius 1 is 1.64 bits per heavy atom. The first-order valence-corrected chi connectivity index (χ1v) is 6.31. The Labute approximate surface area is 102 Å². The molecule has 0 aliphatic heterocycles. The topological polar surface area (TPSA) is 23.8 Å². The molecule has 14 heavy (non-hydrogen) atoms. The summed E-state index contributed by atoms with van der Waals surface area (Å²) >= 11 is 10.7. The fraction of sp³-hybridized carbons (Fsp3) is 0.300. The van der Waals surface area contributed by atoms with Crippen molar-refractivity contribution in [2.24, 2.45) is 0 Å². The van der Waals surface area contributed by atoms with Crippen molar-refractivity contribution in [3.05, 3.63) is 28.2 Å². The van der Waals surface area contributed by atoms with Crippen molar-refractivity contribution in [1.82, 2.24) is 0 Å². The lowest BCUT2D eigenvalue weighted by atomic mass is 10.2. The van der Waals surface area contributed by atoms with Gasteiger partial charge in [0.25, 0.3) is 0 Å². The molecule has 0 radical (unpaired) electrons. The lowest BCUT2D eigenvalue weighted by molar-refractivity contribution is 1.12. The van der Waals surface area contributed by atoms with Crippen molar-refractivity contribution in [3.63, 3.8) is 0 Å². The van der Waals surface area contributed by atoms with Gasteiger partial charge in [0.1, 0.15) is 6.07 Å². The monoisotopic (exact) mass is 289 g/mol. The Bertz CT molecular complexity index is 362. The van der Waals surface area contributed by atoms with Crippen LogP contribution in [0, 0.1) is 11.3 Å². The van der Waals surface area contributed by atoms with Crippen LogP contribution < -0.4 is 0 Å². The molecule has 0 aliphatic rings. The zero-order valence-electron chi connectivity index (χ0n) is 7.63. The van der Waals surface area contributed by atoms with Crippen molar-refractivity contribution in [2.45, 2.75) is 17.1 Å². The Kier molecular flexibility index (Phi) is 4.80. The SMILES string of the molecule is CC(CCl)Sc1cccc(Br)c1C#N. The van der Waals surface area contributed by atoms with Gasteiger partial charge in [-0.15, -0.1) is 23.4 Å². The van der Waals surface area contributed by atoms with Crippen LogP contribution in [0.3, 0.4) is 0 Å². The Morgan fingerprint density at radius 2 is 2.36 bits per heavy atom. The molecule has 0 saturated carbocycles. The summed E-state index contributed by atoms with van der Waals surface area (Å²) < 4.78 is 0.840. The molecule has 1 rings (SSSR count). The maximum absolute atomic E-state index is 8.96. The highest BCUT2D eigenvalue weighted by molar-refractivity contribution is 9.10. The zero-order valence-corrected chi connectivity index (χ0v) is 10.8. The average molecular weight is 291 g/mol. The molecule has 0 aromatic heterocycles. The molecular weight excluding hydrogens is 282 g/mol. The lowest BCUT2D eigenvalue weighted by Crippen LogP contribution is -1.97. The summed E-state index contributed by atoms with van der Waals surface area (Å²) in [6, 6.07) is 7.92. The first-order chi connectivity index (χ1) is 6.69. The fourth-order valence-electron chi connectivity index (χ4n) is 0.959. The fourth-order valence-corrected chi connectivity index (χ4v) is 2.66. The van der Waals surface area contributed by atoms with Crippen LogP contribution in [0.15, 0.2) is 27.6 Å². The van der Waals surface area contributed by atoms with E-state index >= 15 is 0 Å². The second-order valence-corrected chi connectivity index (χ2v) is 5.45. The molecule has 1 aromatic rings. The molecule has 0 aliphatic carbocycles. The average Bonchev–Trinajstić information content (AvgIpc) is 2.18. The molecule has 0 N–H and O–H groups in total.